The number of hydrogen-bond acceptors (Lipinski definition) is 5. The predicted molar refractivity (Wildman–Crippen MR) is 135 cm³/mol. The molecule has 0 bridgehead atoms. The fourth-order valence-corrected chi connectivity index (χ4v) is 4.13. The Labute approximate surface area is 211 Å². The molecule has 1 aromatic heterocycles. The Bertz CT molecular complexity index is 1040. The van der Waals surface area contributed by atoms with E-state index >= 15 is 0 Å². The summed E-state index contributed by atoms with van der Waals surface area (Å²) in [6, 6.07) is 12.0. The van der Waals surface area contributed by atoms with Crippen LogP contribution in [0.4, 0.5) is 13.2 Å². The number of benzene rings is 2. The molecular formula is C28H35F3N3O2-. The van der Waals surface area contributed by atoms with Gasteiger partial charge in [0, 0.05) is 25.1 Å². The maximum atomic E-state index is 12.9. The molecular weight excluding hydrogens is 467 g/mol. The number of halogens is 3. The molecule has 3 rings (SSSR count). The minimum Gasteiger partial charge on any atom is -0.785 e. The van der Waals surface area contributed by atoms with Gasteiger partial charge in [0.25, 0.3) is 5.89 Å². The topological polar surface area (TPSA) is 65.2 Å². The second-order valence-electron chi connectivity index (χ2n) is 9.29. The summed E-state index contributed by atoms with van der Waals surface area (Å²) in [4.78, 5) is 4.48. The molecule has 0 aliphatic heterocycles. The van der Waals surface area contributed by atoms with Gasteiger partial charge in [-0.1, -0.05) is 93.8 Å². The molecule has 8 heteroatoms. The first-order valence-corrected chi connectivity index (χ1v) is 12.8. The number of alkyl halides is 3. The van der Waals surface area contributed by atoms with Gasteiger partial charge < -0.3 is 14.8 Å². The Morgan fingerprint density at radius 1 is 0.833 bits per heavy atom. The van der Waals surface area contributed by atoms with Gasteiger partial charge in [0.2, 0.25) is 0 Å². The fraction of sp³-hybridized carbons (Fsp3) is 0.500. The molecule has 0 aliphatic rings. The van der Waals surface area contributed by atoms with Crippen LogP contribution in [-0.4, -0.2) is 15.2 Å². The van der Waals surface area contributed by atoms with Gasteiger partial charge in [0.05, 0.1) is 5.56 Å². The fourth-order valence-electron chi connectivity index (χ4n) is 4.13. The first kappa shape index (κ1) is 27.9. The van der Waals surface area contributed by atoms with Crippen molar-refractivity contribution in [1.29, 1.82) is 0 Å². The summed E-state index contributed by atoms with van der Waals surface area (Å²) in [6.45, 7) is 2.17. The number of nitrogens with zero attached hydrogens (tertiary/aromatic N) is 3. The number of unbranched alkanes of at least 4 members (excludes halogenated alkanes) is 8. The van der Waals surface area contributed by atoms with Crippen molar-refractivity contribution in [2.45, 2.75) is 90.4 Å². The molecule has 5 nitrogen and oxygen atoms in total. The van der Waals surface area contributed by atoms with E-state index in [0.717, 1.165) is 41.2 Å². The van der Waals surface area contributed by atoms with E-state index in [1.807, 2.05) is 12.1 Å². The van der Waals surface area contributed by atoms with Crippen LogP contribution >= 0.6 is 0 Å². The Balaban J connectivity index is 1.41. The molecule has 0 N–H and O–H groups in total. The summed E-state index contributed by atoms with van der Waals surface area (Å²) in [7, 11) is 0. The predicted octanol–water partition coefficient (Wildman–Crippen LogP) is 8.33. The van der Waals surface area contributed by atoms with Gasteiger partial charge in [0.15, 0.2) is 5.82 Å². The van der Waals surface area contributed by atoms with Crippen molar-refractivity contribution in [3.8, 4) is 11.5 Å². The number of hydrogen-bond donors (Lipinski definition) is 0. The molecule has 0 spiro atoms. The highest BCUT2D eigenvalue weighted by molar-refractivity contribution is 5.53. The maximum Gasteiger partial charge on any atom is 0.416 e. The zero-order valence-electron chi connectivity index (χ0n) is 20.9. The van der Waals surface area contributed by atoms with E-state index in [-0.39, 0.29) is 13.1 Å². The van der Waals surface area contributed by atoms with Gasteiger partial charge in [0.1, 0.15) is 0 Å². The molecule has 0 aliphatic carbocycles. The third-order valence-electron chi connectivity index (χ3n) is 6.15. The number of aryl methyl sites for hydroxylation is 1. The summed E-state index contributed by atoms with van der Waals surface area (Å²) < 4.78 is 44.0. The van der Waals surface area contributed by atoms with Gasteiger partial charge >= 0.3 is 6.18 Å². The highest BCUT2D eigenvalue weighted by Crippen LogP contribution is 2.30. The molecule has 0 radical (unpaired) electrons. The normalized spacial score (nSPS) is 11.9. The van der Waals surface area contributed by atoms with Gasteiger partial charge in [-0.3, -0.25) is 0 Å². The van der Waals surface area contributed by atoms with Crippen LogP contribution in [0.2, 0.25) is 0 Å². The van der Waals surface area contributed by atoms with Crippen molar-refractivity contribution in [2.75, 3.05) is 0 Å². The Hall–Kier alpha value is -2.71. The molecule has 1 heterocycles. The molecule has 0 unspecified atom stereocenters. The summed E-state index contributed by atoms with van der Waals surface area (Å²) in [5.41, 5.74) is 1.08. The van der Waals surface area contributed by atoms with Crippen LogP contribution in [0.5, 0.6) is 0 Å². The Morgan fingerprint density at radius 3 is 2.14 bits per heavy atom. The summed E-state index contributed by atoms with van der Waals surface area (Å²) in [5.74, 6) is 1.14. The standard InChI is InChI=1S/C28H35F3N3O2/c1-2-3-4-5-6-7-8-9-10-14-26-32-27(36-33-26)24-17-15-22(16-18-24)20-34(35)21-23-12-11-13-25(19-23)28(29,30)31/h11-13,15-19H,2-10,14,20-21H2,1H3/q-1. The molecule has 0 saturated heterocycles. The Kier molecular flexibility index (Phi) is 10.9. The minimum atomic E-state index is -4.43. The van der Waals surface area contributed by atoms with E-state index in [9.17, 15) is 18.4 Å². The highest BCUT2D eigenvalue weighted by Gasteiger charge is 2.30. The van der Waals surface area contributed by atoms with Crippen LogP contribution in [0.3, 0.4) is 0 Å². The van der Waals surface area contributed by atoms with Crippen LogP contribution in [0.1, 0.15) is 87.2 Å². The molecule has 196 valence electrons. The van der Waals surface area contributed by atoms with Crippen molar-refractivity contribution in [1.82, 2.24) is 15.2 Å². The van der Waals surface area contributed by atoms with Crippen LogP contribution in [-0.2, 0) is 25.7 Å². The van der Waals surface area contributed by atoms with Crippen LogP contribution < -0.4 is 0 Å². The zero-order chi connectivity index (χ0) is 25.8. The van der Waals surface area contributed by atoms with Crippen molar-refractivity contribution in [2.24, 2.45) is 0 Å². The first-order chi connectivity index (χ1) is 17.3. The molecule has 3 aromatic rings. The van der Waals surface area contributed by atoms with E-state index < -0.39 is 11.7 Å². The van der Waals surface area contributed by atoms with E-state index in [0.29, 0.717) is 17.3 Å². The summed E-state index contributed by atoms with van der Waals surface area (Å²) in [5, 5.41) is 17.1. The first-order valence-electron chi connectivity index (χ1n) is 12.8. The lowest BCUT2D eigenvalue weighted by Crippen LogP contribution is -2.16. The van der Waals surface area contributed by atoms with Crippen molar-refractivity contribution in [3.63, 3.8) is 0 Å². The number of hydroxylamine groups is 2. The van der Waals surface area contributed by atoms with Gasteiger partial charge in [-0.15, -0.1) is 0 Å². The zero-order valence-corrected chi connectivity index (χ0v) is 20.9. The third-order valence-corrected chi connectivity index (χ3v) is 6.15. The lowest BCUT2D eigenvalue weighted by molar-refractivity contribution is -0.137. The average molecular weight is 503 g/mol. The lowest BCUT2D eigenvalue weighted by Gasteiger charge is -2.28. The SMILES string of the molecule is CCCCCCCCCCCc1noc(-c2ccc(CN([O-])Cc3cccc(C(F)(F)F)c3)cc2)n1. The van der Waals surface area contributed by atoms with Gasteiger partial charge in [-0.2, -0.15) is 18.2 Å². The maximum absolute atomic E-state index is 12.9. The van der Waals surface area contributed by atoms with E-state index in [1.54, 1.807) is 12.1 Å². The largest absolute Gasteiger partial charge is 0.785 e. The molecule has 0 amide bonds. The Morgan fingerprint density at radius 2 is 1.47 bits per heavy atom. The van der Waals surface area contributed by atoms with Gasteiger partial charge in [-0.05, 0) is 35.7 Å². The molecule has 36 heavy (non-hydrogen) atoms. The molecule has 0 atom stereocenters. The van der Waals surface area contributed by atoms with Crippen molar-refractivity contribution < 1.29 is 17.7 Å². The van der Waals surface area contributed by atoms with E-state index in [1.165, 1.54) is 63.5 Å². The van der Waals surface area contributed by atoms with Crippen molar-refractivity contribution >= 4 is 0 Å². The monoisotopic (exact) mass is 502 g/mol. The summed E-state index contributed by atoms with van der Waals surface area (Å²) >= 11 is 0. The van der Waals surface area contributed by atoms with E-state index in [2.05, 4.69) is 17.1 Å². The minimum absolute atomic E-state index is 0.0597. The van der Waals surface area contributed by atoms with Gasteiger partial charge in [-0.25, -0.2) is 0 Å². The smallest absolute Gasteiger partial charge is 0.416 e. The molecule has 2 aromatic carbocycles. The van der Waals surface area contributed by atoms with E-state index in [4.69, 9.17) is 4.52 Å². The second-order valence-corrected chi connectivity index (χ2v) is 9.29. The van der Waals surface area contributed by atoms with Crippen LogP contribution in [0.25, 0.3) is 11.5 Å². The summed E-state index contributed by atoms with van der Waals surface area (Å²) in [6.07, 6.45) is 7.71. The molecule has 0 fully saturated rings. The van der Waals surface area contributed by atoms with Crippen LogP contribution in [0.15, 0.2) is 53.1 Å². The van der Waals surface area contributed by atoms with Crippen LogP contribution in [0, 0.1) is 5.21 Å². The lowest BCUT2D eigenvalue weighted by atomic mass is 10.1. The highest BCUT2D eigenvalue weighted by atomic mass is 19.4. The third kappa shape index (κ3) is 9.39. The second kappa shape index (κ2) is 14.1. The number of rotatable bonds is 15. The van der Waals surface area contributed by atoms with Crippen molar-refractivity contribution in [3.05, 3.63) is 76.3 Å². The quantitative estimate of drug-likeness (QED) is 0.154. The molecule has 0 saturated carbocycles. The average Bonchev–Trinajstić information content (AvgIpc) is 3.32. The number of aromatic nitrogens is 2.